The van der Waals surface area contributed by atoms with E-state index in [1.807, 2.05) is 0 Å². The van der Waals surface area contributed by atoms with Crippen LogP contribution in [0.3, 0.4) is 0 Å². The van der Waals surface area contributed by atoms with Gasteiger partial charge < -0.3 is 19.3 Å². The molecule has 0 aromatic carbocycles. The number of halogens is 1. The Hall–Kier alpha value is -1.73. The van der Waals surface area contributed by atoms with Gasteiger partial charge in [0, 0.05) is 5.92 Å². The van der Waals surface area contributed by atoms with Crippen LogP contribution >= 0.6 is 0 Å². The van der Waals surface area contributed by atoms with E-state index in [4.69, 9.17) is 9.47 Å². The second-order valence-corrected chi connectivity index (χ2v) is 5.76. The number of hydrogen-bond donors (Lipinski definition) is 1. The van der Waals surface area contributed by atoms with Gasteiger partial charge in [-0.2, -0.15) is 0 Å². The van der Waals surface area contributed by atoms with Crippen molar-refractivity contribution >= 4 is 11.9 Å². The van der Waals surface area contributed by atoms with Crippen LogP contribution in [0.2, 0.25) is 0 Å². The minimum Gasteiger partial charge on any atom is -0.478 e. The van der Waals surface area contributed by atoms with Crippen LogP contribution in [0.4, 0.5) is 4.39 Å². The highest BCUT2D eigenvalue weighted by Crippen LogP contribution is 2.53. The molecule has 7 heteroatoms. The van der Waals surface area contributed by atoms with Gasteiger partial charge in [0.2, 0.25) is 0 Å². The number of carbonyl (C=O) groups is 2. The number of alkyl halides is 1. The first kappa shape index (κ1) is 14.2. The summed E-state index contributed by atoms with van der Waals surface area (Å²) in [5.41, 5.74) is -3.20. The lowest BCUT2D eigenvalue weighted by atomic mass is 9.66. The fourth-order valence-corrected chi connectivity index (χ4v) is 3.30. The van der Waals surface area contributed by atoms with E-state index in [0.29, 0.717) is 0 Å². The lowest BCUT2D eigenvalue weighted by Gasteiger charge is -2.43. The predicted octanol–water partition coefficient (Wildman–Crippen LogP) is 0.969. The number of methoxy groups -OCH3 is 1. The number of rotatable bonds is 2. The van der Waals surface area contributed by atoms with E-state index < -0.39 is 47.1 Å². The normalized spacial score (nSPS) is 39.3. The van der Waals surface area contributed by atoms with Crippen LogP contribution in [-0.2, 0) is 23.8 Å². The molecule has 0 spiro atoms. The molecule has 4 aliphatic rings. The average Bonchev–Trinajstić information content (AvgIpc) is 2.74. The number of carbonyl (C=O) groups excluding carboxylic acids is 1. The Bertz CT molecular complexity index is 592. The molecule has 1 aliphatic heterocycles. The van der Waals surface area contributed by atoms with E-state index in [1.54, 1.807) is 13.8 Å². The summed E-state index contributed by atoms with van der Waals surface area (Å²) in [4.78, 5) is 23.4. The van der Waals surface area contributed by atoms with Crippen molar-refractivity contribution < 1.29 is 33.3 Å². The van der Waals surface area contributed by atoms with E-state index >= 15 is 4.39 Å². The van der Waals surface area contributed by atoms with Crippen molar-refractivity contribution in [2.24, 2.45) is 5.92 Å². The Morgan fingerprint density at radius 2 is 2.05 bits per heavy atom. The molecule has 2 bridgehead atoms. The molecule has 0 amide bonds. The lowest BCUT2D eigenvalue weighted by Crippen LogP contribution is -2.57. The van der Waals surface area contributed by atoms with E-state index in [-0.39, 0.29) is 5.57 Å². The zero-order valence-corrected chi connectivity index (χ0v) is 11.8. The minimum atomic E-state index is -2.37. The van der Waals surface area contributed by atoms with Crippen LogP contribution in [0.1, 0.15) is 13.8 Å². The third kappa shape index (κ3) is 1.77. The molecule has 3 aliphatic carbocycles. The lowest BCUT2D eigenvalue weighted by molar-refractivity contribution is -0.155. The van der Waals surface area contributed by atoms with Gasteiger partial charge in [-0.15, -0.1) is 0 Å². The summed E-state index contributed by atoms with van der Waals surface area (Å²) in [6, 6.07) is 0. The molecule has 4 unspecified atom stereocenters. The molecule has 21 heavy (non-hydrogen) atoms. The topological polar surface area (TPSA) is 82.1 Å². The summed E-state index contributed by atoms with van der Waals surface area (Å²) in [7, 11) is 1.08. The predicted molar refractivity (Wildman–Crippen MR) is 67.0 cm³/mol. The Morgan fingerprint density at radius 3 is 2.62 bits per heavy atom. The van der Waals surface area contributed by atoms with E-state index in [9.17, 15) is 14.7 Å². The van der Waals surface area contributed by atoms with Gasteiger partial charge in [-0.25, -0.2) is 14.0 Å². The summed E-state index contributed by atoms with van der Waals surface area (Å²) in [6.45, 7) is 3.23. The Balaban J connectivity index is 2.19. The summed E-state index contributed by atoms with van der Waals surface area (Å²) in [5.74, 6) is -4.16. The number of hydrogen-bond acceptors (Lipinski definition) is 5. The summed E-state index contributed by atoms with van der Waals surface area (Å²) in [5, 5.41) is 9.38. The second kappa shape index (κ2) is 4.14. The van der Waals surface area contributed by atoms with Gasteiger partial charge in [-0.05, 0) is 19.9 Å². The molecular formula is C14H15FO6. The molecule has 114 valence electrons. The van der Waals surface area contributed by atoms with E-state index in [2.05, 4.69) is 4.74 Å². The van der Waals surface area contributed by atoms with Gasteiger partial charge in [0.05, 0.1) is 18.3 Å². The number of carboxylic acids is 1. The zero-order chi connectivity index (χ0) is 15.6. The van der Waals surface area contributed by atoms with Gasteiger partial charge in [-0.1, -0.05) is 6.08 Å². The number of aliphatic carboxylic acids is 1. The van der Waals surface area contributed by atoms with Gasteiger partial charge in [0.25, 0.3) is 0 Å². The standard InChI is InChI=1S/C14H15FO6/c1-13(2)20-9-6-4-5-14(15,10(9)21-13)8(12(18)19-3)7(6)11(16)17/h4-6,9-10H,1-3H3,(H,16,17). The number of carboxylic acid groups (broad SMARTS) is 1. The third-order valence-corrected chi connectivity index (χ3v) is 4.05. The van der Waals surface area contributed by atoms with Crippen molar-refractivity contribution in [3.05, 3.63) is 23.3 Å². The minimum absolute atomic E-state index is 0.325. The van der Waals surface area contributed by atoms with Gasteiger partial charge in [0.1, 0.15) is 12.2 Å². The first-order chi connectivity index (χ1) is 9.71. The zero-order valence-electron chi connectivity index (χ0n) is 11.8. The molecular weight excluding hydrogens is 283 g/mol. The smallest absolute Gasteiger partial charge is 0.338 e. The number of ether oxygens (including phenoxy) is 3. The van der Waals surface area contributed by atoms with E-state index in [1.165, 1.54) is 12.2 Å². The van der Waals surface area contributed by atoms with Crippen molar-refractivity contribution in [2.45, 2.75) is 37.5 Å². The van der Waals surface area contributed by atoms with Crippen LogP contribution < -0.4 is 0 Å². The van der Waals surface area contributed by atoms with Crippen LogP contribution in [-0.4, -0.2) is 47.8 Å². The molecule has 1 heterocycles. The van der Waals surface area contributed by atoms with Crippen LogP contribution in [0.5, 0.6) is 0 Å². The Kier molecular flexibility index (Phi) is 2.80. The van der Waals surface area contributed by atoms with Gasteiger partial charge in [0.15, 0.2) is 11.5 Å². The fraction of sp³-hybridized carbons (Fsp3) is 0.571. The highest BCUT2D eigenvalue weighted by molar-refractivity contribution is 6.03. The van der Waals surface area contributed by atoms with Crippen molar-refractivity contribution in [3.63, 3.8) is 0 Å². The molecule has 0 radical (unpaired) electrons. The molecule has 0 aromatic heterocycles. The van der Waals surface area contributed by atoms with Gasteiger partial charge in [-0.3, -0.25) is 0 Å². The molecule has 6 nitrogen and oxygen atoms in total. The SMILES string of the molecule is COC(=O)C1=C(C(=O)O)C2C=CC1(F)C1OC(C)(C)OC21. The van der Waals surface area contributed by atoms with Crippen molar-refractivity contribution in [3.8, 4) is 0 Å². The third-order valence-electron chi connectivity index (χ3n) is 4.05. The molecule has 4 atom stereocenters. The molecule has 1 N–H and O–H groups in total. The first-order valence-electron chi connectivity index (χ1n) is 6.51. The average molecular weight is 298 g/mol. The van der Waals surface area contributed by atoms with Crippen LogP contribution in [0, 0.1) is 5.92 Å². The molecule has 0 saturated carbocycles. The fourth-order valence-electron chi connectivity index (χ4n) is 3.30. The largest absolute Gasteiger partial charge is 0.478 e. The summed E-state index contributed by atoms with van der Waals surface area (Å²) in [6.07, 6.45) is 0.735. The molecule has 4 rings (SSSR count). The summed E-state index contributed by atoms with van der Waals surface area (Å²) < 4.78 is 31.2. The summed E-state index contributed by atoms with van der Waals surface area (Å²) >= 11 is 0. The quantitative estimate of drug-likeness (QED) is 0.604. The van der Waals surface area contributed by atoms with Gasteiger partial charge >= 0.3 is 11.9 Å². The maximum atomic E-state index is 15.4. The maximum Gasteiger partial charge on any atom is 0.338 e. The Labute approximate surface area is 120 Å². The number of esters is 1. The van der Waals surface area contributed by atoms with Crippen LogP contribution in [0.25, 0.3) is 0 Å². The second-order valence-electron chi connectivity index (χ2n) is 5.76. The highest BCUT2D eigenvalue weighted by Gasteiger charge is 2.65. The molecule has 1 saturated heterocycles. The van der Waals surface area contributed by atoms with Crippen LogP contribution in [0.15, 0.2) is 23.3 Å². The maximum absolute atomic E-state index is 15.4. The van der Waals surface area contributed by atoms with Crippen molar-refractivity contribution in [1.82, 2.24) is 0 Å². The molecule has 1 fully saturated rings. The molecule has 0 aromatic rings. The Morgan fingerprint density at radius 1 is 1.38 bits per heavy atom. The van der Waals surface area contributed by atoms with E-state index in [0.717, 1.165) is 7.11 Å². The van der Waals surface area contributed by atoms with Crippen molar-refractivity contribution in [1.29, 1.82) is 0 Å². The first-order valence-corrected chi connectivity index (χ1v) is 6.51. The van der Waals surface area contributed by atoms with Crippen molar-refractivity contribution in [2.75, 3.05) is 7.11 Å². The highest BCUT2D eigenvalue weighted by atomic mass is 19.1. The monoisotopic (exact) mass is 298 g/mol.